The summed E-state index contributed by atoms with van der Waals surface area (Å²) >= 11 is 0. The van der Waals surface area contributed by atoms with Crippen molar-refractivity contribution in [3.8, 4) is 0 Å². The van der Waals surface area contributed by atoms with Crippen LogP contribution in [0, 0.1) is 5.92 Å². The summed E-state index contributed by atoms with van der Waals surface area (Å²) in [5, 5.41) is 0. The zero-order valence-electron chi connectivity index (χ0n) is 14.3. The predicted octanol–water partition coefficient (Wildman–Crippen LogP) is 6.79. The second-order valence-electron chi connectivity index (χ2n) is 6.97. The van der Waals surface area contributed by atoms with Crippen molar-refractivity contribution in [2.24, 2.45) is 5.92 Å². The van der Waals surface area contributed by atoms with E-state index in [4.69, 9.17) is 0 Å². The number of rotatable bonds is 8. The van der Waals surface area contributed by atoms with Crippen molar-refractivity contribution < 1.29 is 0 Å². The molecular formula is C22H30. The molecule has 0 N–H and O–H groups in total. The highest BCUT2D eigenvalue weighted by molar-refractivity contribution is 5.21. The van der Waals surface area contributed by atoms with Crippen LogP contribution >= 0.6 is 0 Å². The van der Waals surface area contributed by atoms with Crippen LogP contribution in [0.1, 0.15) is 69.4 Å². The van der Waals surface area contributed by atoms with Crippen LogP contribution < -0.4 is 0 Å². The first-order valence-corrected chi connectivity index (χ1v) is 8.76. The van der Waals surface area contributed by atoms with Crippen LogP contribution in [0.5, 0.6) is 0 Å². The van der Waals surface area contributed by atoms with E-state index in [1.165, 1.54) is 36.8 Å². The van der Waals surface area contributed by atoms with Gasteiger partial charge in [0.05, 0.1) is 0 Å². The maximum atomic E-state index is 2.36. The van der Waals surface area contributed by atoms with Crippen LogP contribution in [0.25, 0.3) is 0 Å². The summed E-state index contributed by atoms with van der Waals surface area (Å²) < 4.78 is 0. The Bertz CT molecular complexity index is 512. The normalized spacial score (nSPS) is 14.0. The zero-order chi connectivity index (χ0) is 15.8. The summed E-state index contributed by atoms with van der Waals surface area (Å²) in [7, 11) is 0. The Hall–Kier alpha value is -1.56. The van der Waals surface area contributed by atoms with Crippen molar-refractivity contribution in [2.75, 3.05) is 0 Å². The lowest BCUT2D eigenvalue weighted by Gasteiger charge is -2.21. The smallest absolute Gasteiger partial charge is 0.0162 e. The molecule has 0 aromatic heterocycles. The van der Waals surface area contributed by atoms with Crippen molar-refractivity contribution in [1.29, 1.82) is 0 Å². The molecule has 0 heterocycles. The van der Waals surface area contributed by atoms with Crippen LogP contribution in [0.3, 0.4) is 0 Å². The number of benzene rings is 2. The molecule has 0 fully saturated rings. The first-order valence-electron chi connectivity index (χ1n) is 8.76. The average Bonchev–Trinajstić information content (AvgIpc) is 2.56. The molecule has 2 unspecified atom stereocenters. The summed E-state index contributed by atoms with van der Waals surface area (Å²) in [5.74, 6) is 2.14. The Labute approximate surface area is 136 Å². The van der Waals surface area contributed by atoms with Gasteiger partial charge in [-0.2, -0.15) is 0 Å². The summed E-state index contributed by atoms with van der Waals surface area (Å²) in [6, 6.07) is 22.0. The summed E-state index contributed by atoms with van der Waals surface area (Å²) in [5.41, 5.74) is 2.99. The molecule has 0 saturated heterocycles. The van der Waals surface area contributed by atoms with E-state index in [0.29, 0.717) is 11.8 Å². The molecule has 0 aliphatic heterocycles. The molecule has 0 saturated carbocycles. The van der Waals surface area contributed by atoms with Crippen molar-refractivity contribution in [1.82, 2.24) is 0 Å². The molecule has 0 amide bonds. The fourth-order valence-electron chi connectivity index (χ4n) is 3.14. The van der Waals surface area contributed by atoms with E-state index < -0.39 is 0 Å². The minimum absolute atomic E-state index is 0.645. The lowest BCUT2D eigenvalue weighted by Crippen LogP contribution is -2.04. The van der Waals surface area contributed by atoms with Gasteiger partial charge in [-0.1, -0.05) is 87.9 Å². The molecule has 0 bridgehead atoms. The molecule has 22 heavy (non-hydrogen) atoms. The van der Waals surface area contributed by atoms with E-state index in [1.807, 2.05) is 0 Å². The molecule has 2 aromatic rings. The summed E-state index contributed by atoms with van der Waals surface area (Å²) in [6.07, 6.45) is 5.18. The topological polar surface area (TPSA) is 0 Å². The SMILES string of the molecule is CC(C)CCC(CCC(C)c1ccccc1)c1ccccc1. The molecule has 0 aliphatic carbocycles. The standard InChI is InChI=1S/C22H30/c1-18(2)14-16-22(21-12-8-5-9-13-21)17-15-19(3)20-10-6-4-7-11-20/h4-13,18-19,22H,14-17H2,1-3H3. The maximum absolute atomic E-state index is 2.36. The van der Waals surface area contributed by atoms with Crippen LogP contribution in [0.4, 0.5) is 0 Å². The predicted molar refractivity (Wildman–Crippen MR) is 97.3 cm³/mol. The van der Waals surface area contributed by atoms with Gasteiger partial charge in [-0.3, -0.25) is 0 Å². The molecule has 2 atom stereocenters. The lowest BCUT2D eigenvalue weighted by atomic mass is 9.84. The first-order chi connectivity index (χ1) is 10.7. The van der Waals surface area contributed by atoms with Gasteiger partial charge >= 0.3 is 0 Å². The minimum atomic E-state index is 0.645. The summed E-state index contributed by atoms with van der Waals surface area (Å²) in [4.78, 5) is 0. The quantitative estimate of drug-likeness (QED) is 0.502. The van der Waals surface area contributed by atoms with Crippen LogP contribution in [0.15, 0.2) is 60.7 Å². The Morgan fingerprint density at radius 2 is 1.09 bits per heavy atom. The number of hydrogen-bond donors (Lipinski definition) is 0. The van der Waals surface area contributed by atoms with E-state index in [-0.39, 0.29) is 0 Å². The van der Waals surface area contributed by atoms with Gasteiger partial charge in [0, 0.05) is 0 Å². The minimum Gasteiger partial charge on any atom is -0.0628 e. The first kappa shape index (κ1) is 16.8. The van der Waals surface area contributed by atoms with Gasteiger partial charge in [0.25, 0.3) is 0 Å². The molecule has 0 aliphatic rings. The molecule has 2 rings (SSSR count). The second-order valence-corrected chi connectivity index (χ2v) is 6.97. The maximum Gasteiger partial charge on any atom is -0.0162 e. The van der Waals surface area contributed by atoms with E-state index in [9.17, 15) is 0 Å². The average molecular weight is 294 g/mol. The van der Waals surface area contributed by atoms with E-state index in [0.717, 1.165) is 5.92 Å². The van der Waals surface area contributed by atoms with Gasteiger partial charge in [-0.15, -0.1) is 0 Å². The highest BCUT2D eigenvalue weighted by Gasteiger charge is 2.14. The second kappa shape index (κ2) is 8.78. The molecule has 0 nitrogen and oxygen atoms in total. The van der Waals surface area contributed by atoms with Crippen LogP contribution in [-0.2, 0) is 0 Å². The number of hydrogen-bond acceptors (Lipinski definition) is 0. The van der Waals surface area contributed by atoms with E-state index in [1.54, 1.807) is 0 Å². The van der Waals surface area contributed by atoms with Crippen molar-refractivity contribution in [3.05, 3.63) is 71.8 Å². The van der Waals surface area contributed by atoms with Crippen molar-refractivity contribution in [3.63, 3.8) is 0 Å². The molecule has 2 aromatic carbocycles. The van der Waals surface area contributed by atoms with Crippen LogP contribution in [0.2, 0.25) is 0 Å². The Balaban J connectivity index is 1.97. The van der Waals surface area contributed by atoms with Gasteiger partial charge in [0.1, 0.15) is 0 Å². The van der Waals surface area contributed by atoms with Gasteiger partial charge in [0.15, 0.2) is 0 Å². The van der Waals surface area contributed by atoms with Gasteiger partial charge < -0.3 is 0 Å². The van der Waals surface area contributed by atoms with Gasteiger partial charge in [-0.05, 0) is 48.1 Å². The van der Waals surface area contributed by atoms with Gasteiger partial charge in [-0.25, -0.2) is 0 Å². The zero-order valence-corrected chi connectivity index (χ0v) is 14.3. The molecule has 0 spiro atoms. The Morgan fingerprint density at radius 3 is 1.64 bits per heavy atom. The van der Waals surface area contributed by atoms with Crippen molar-refractivity contribution >= 4 is 0 Å². The van der Waals surface area contributed by atoms with E-state index in [2.05, 4.69) is 81.4 Å². The molecule has 118 valence electrons. The van der Waals surface area contributed by atoms with Crippen molar-refractivity contribution in [2.45, 2.75) is 58.3 Å². The van der Waals surface area contributed by atoms with Gasteiger partial charge in [0.2, 0.25) is 0 Å². The monoisotopic (exact) mass is 294 g/mol. The lowest BCUT2D eigenvalue weighted by molar-refractivity contribution is 0.459. The fourth-order valence-corrected chi connectivity index (χ4v) is 3.14. The van der Waals surface area contributed by atoms with Crippen LogP contribution in [-0.4, -0.2) is 0 Å². The third-order valence-corrected chi connectivity index (χ3v) is 4.68. The molecule has 0 heteroatoms. The fraction of sp³-hybridized carbons (Fsp3) is 0.455. The third-order valence-electron chi connectivity index (χ3n) is 4.68. The Morgan fingerprint density at radius 1 is 0.591 bits per heavy atom. The summed E-state index contributed by atoms with van der Waals surface area (Å²) in [6.45, 7) is 7.02. The highest BCUT2D eigenvalue weighted by Crippen LogP contribution is 2.31. The molecular weight excluding hydrogens is 264 g/mol. The third kappa shape index (κ3) is 5.33. The largest absolute Gasteiger partial charge is 0.0628 e. The van der Waals surface area contributed by atoms with E-state index >= 15 is 0 Å². The Kier molecular flexibility index (Phi) is 6.71. The highest BCUT2D eigenvalue weighted by atomic mass is 14.2. The molecule has 0 radical (unpaired) electrons.